The van der Waals surface area contributed by atoms with Crippen molar-refractivity contribution in [3.63, 3.8) is 0 Å². The van der Waals surface area contributed by atoms with Crippen LogP contribution in [-0.4, -0.2) is 17.0 Å². The Labute approximate surface area is 149 Å². The van der Waals surface area contributed by atoms with Crippen molar-refractivity contribution >= 4 is 17.6 Å². The van der Waals surface area contributed by atoms with Crippen molar-refractivity contribution in [1.82, 2.24) is 5.32 Å². The van der Waals surface area contributed by atoms with Crippen molar-refractivity contribution in [2.24, 2.45) is 0 Å². The third-order valence-corrected chi connectivity index (χ3v) is 3.41. The molecule has 128 valence electrons. The molecular weight excluding hydrogens is 332 g/mol. The maximum Gasteiger partial charge on any atom is 0.335 e. The van der Waals surface area contributed by atoms with Crippen LogP contribution in [0, 0.1) is 22.7 Å². The summed E-state index contributed by atoms with van der Waals surface area (Å²) in [5.41, 5.74) is 1.44. The van der Waals surface area contributed by atoms with E-state index in [1.165, 1.54) is 18.3 Å². The fraction of sp³-hybridized carbons (Fsp3) is 0.0526. The van der Waals surface area contributed by atoms with E-state index in [9.17, 15) is 9.59 Å². The van der Waals surface area contributed by atoms with Crippen molar-refractivity contribution in [1.29, 1.82) is 10.5 Å². The average molecular weight is 346 g/mol. The second kappa shape index (κ2) is 8.67. The molecular formula is C19H14N4O3. The number of hydrogen-bond acceptors (Lipinski definition) is 5. The van der Waals surface area contributed by atoms with Crippen LogP contribution in [0.1, 0.15) is 21.5 Å². The number of hydrogen-bond donors (Lipinski definition) is 3. The fourth-order valence-corrected chi connectivity index (χ4v) is 2.06. The Morgan fingerprint density at radius 2 is 1.77 bits per heavy atom. The number of aromatic carboxylic acids is 1. The standard InChI is InChI=1S/C19H14N4O3/c20-9-15-3-1-2-4-17(15)23-18(24)16(10-21)12-22-11-13-5-7-14(8-6-13)19(25)26/h1-8,12,22H,11H2,(H,23,24)(H,25,26)/b16-12-. The first-order valence-electron chi connectivity index (χ1n) is 7.51. The fourth-order valence-electron chi connectivity index (χ4n) is 2.06. The molecule has 3 N–H and O–H groups in total. The van der Waals surface area contributed by atoms with Crippen LogP contribution < -0.4 is 10.6 Å². The van der Waals surface area contributed by atoms with Crippen molar-refractivity contribution in [2.45, 2.75) is 6.54 Å². The van der Waals surface area contributed by atoms with Crippen LogP contribution in [0.5, 0.6) is 0 Å². The lowest BCUT2D eigenvalue weighted by atomic mass is 10.1. The second-order valence-electron chi connectivity index (χ2n) is 5.16. The molecule has 2 aromatic carbocycles. The van der Waals surface area contributed by atoms with Gasteiger partial charge in [0.1, 0.15) is 17.7 Å². The van der Waals surface area contributed by atoms with Crippen LogP contribution in [-0.2, 0) is 11.3 Å². The summed E-state index contributed by atoms with van der Waals surface area (Å²) >= 11 is 0. The molecule has 0 bridgehead atoms. The van der Waals surface area contributed by atoms with E-state index < -0.39 is 11.9 Å². The van der Waals surface area contributed by atoms with Gasteiger partial charge in [-0.15, -0.1) is 0 Å². The molecule has 2 rings (SSSR count). The lowest BCUT2D eigenvalue weighted by Crippen LogP contribution is -2.17. The van der Waals surface area contributed by atoms with E-state index in [2.05, 4.69) is 10.6 Å². The van der Waals surface area contributed by atoms with Gasteiger partial charge in [0.2, 0.25) is 0 Å². The van der Waals surface area contributed by atoms with E-state index in [-0.39, 0.29) is 11.1 Å². The molecule has 26 heavy (non-hydrogen) atoms. The van der Waals surface area contributed by atoms with Gasteiger partial charge in [-0.2, -0.15) is 10.5 Å². The summed E-state index contributed by atoms with van der Waals surface area (Å²) in [5, 5.41) is 32.4. The maximum absolute atomic E-state index is 12.2. The predicted molar refractivity (Wildman–Crippen MR) is 93.7 cm³/mol. The average Bonchev–Trinajstić information content (AvgIpc) is 2.66. The van der Waals surface area contributed by atoms with Crippen LogP contribution in [0.25, 0.3) is 0 Å². The third kappa shape index (κ3) is 4.70. The van der Waals surface area contributed by atoms with Crippen LogP contribution in [0.4, 0.5) is 5.69 Å². The summed E-state index contributed by atoms with van der Waals surface area (Å²) in [6.07, 6.45) is 1.27. The van der Waals surface area contributed by atoms with Crippen molar-refractivity contribution < 1.29 is 14.7 Å². The van der Waals surface area contributed by atoms with Gasteiger partial charge in [0, 0.05) is 12.7 Å². The highest BCUT2D eigenvalue weighted by Crippen LogP contribution is 2.14. The Hall–Kier alpha value is -4.10. The number of nitriles is 2. The summed E-state index contributed by atoms with van der Waals surface area (Å²) in [5.74, 6) is -1.64. The van der Waals surface area contributed by atoms with E-state index >= 15 is 0 Å². The van der Waals surface area contributed by atoms with Gasteiger partial charge in [0.25, 0.3) is 5.91 Å². The molecule has 0 aliphatic heterocycles. The van der Waals surface area contributed by atoms with Crippen molar-refractivity contribution in [2.75, 3.05) is 5.32 Å². The Morgan fingerprint density at radius 3 is 2.38 bits per heavy atom. The van der Waals surface area contributed by atoms with Gasteiger partial charge in [0.15, 0.2) is 0 Å². The highest BCUT2D eigenvalue weighted by molar-refractivity contribution is 6.07. The highest BCUT2D eigenvalue weighted by atomic mass is 16.4. The maximum atomic E-state index is 12.2. The van der Waals surface area contributed by atoms with Crippen molar-refractivity contribution in [3.05, 3.63) is 77.0 Å². The molecule has 7 nitrogen and oxygen atoms in total. The zero-order chi connectivity index (χ0) is 18.9. The predicted octanol–water partition coefficient (Wildman–Crippen LogP) is 2.39. The van der Waals surface area contributed by atoms with Gasteiger partial charge >= 0.3 is 5.97 Å². The molecule has 7 heteroatoms. The number of rotatable bonds is 6. The van der Waals surface area contributed by atoms with Gasteiger partial charge in [-0.25, -0.2) is 4.79 Å². The Kier molecular flexibility index (Phi) is 6.08. The van der Waals surface area contributed by atoms with E-state index in [0.29, 0.717) is 17.8 Å². The topological polar surface area (TPSA) is 126 Å². The van der Waals surface area contributed by atoms with Gasteiger partial charge < -0.3 is 15.7 Å². The monoisotopic (exact) mass is 346 g/mol. The number of nitrogens with zero attached hydrogens (tertiary/aromatic N) is 2. The zero-order valence-corrected chi connectivity index (χ0v) is 13.6. The molecule has 0 spiro atoms. The number of anilines is 1. The Balaban J connectivity index is 2.01. The number of carboxylic acid groups (broad SMARTS) is 1. The molecule has 0 aliphatic rings. The summed E-state index contributed by atoms with van der Waals surface area (Å²) < 4.78 is 0. The lowest BCUT2D eigenvalue weighted by Gasteiger charge is -2.07. The molecule has 0 unspecified atom stereocenters. The smallest absolute Gasteiger partial charge is 0.335 e. The summed E-state index contributed by atoms with van der Waals surface area (Å²) in [4.78, 5) is 23.0. The summed E-state index contributed by atoms with van der Waals surface area (Å²) in [6.45, 7) is 0.313. The molecule has 0 saturated heterocycles. The number of carbonyl (C=O) groups excluding carboxylic acids is 1. The number of benzene rings is 2. The zero-order valence-electron chi connectivity index (χ0n) is 13.6. The minimum Gasteiger partial charge on any atom is -0.478 e. The molecule has 2 aromatic rings. The number of carboxylic acids is 1. The SMILES string of the molecule is N#C/C(=C/NCc1ccc(C(=O)O)cc1)C(=O)Nc1ccccc1C#N. The van der Waals surface area contributed by atoms with Crippen LogP contribution >= 0.6 is 0 Å². The Bertz CT molecular complexity index is 934. The van der Waals surface area contributed by atoms with E-state index in [1.807, 2.05) is 6.07 Å². The molecule has 0 fully saturated rings. The minimum absolute atomic E-state index is 0.153. The quantitative estimate of drug-likeness (QED) is 0.544. The van der Waals surface area contributed by atoms with Crippen molar-refractivity contribution in [3.8, 4) is 12.1 Å². The number of carbonyl (C=O) groups is 2. The largest absolute Gasteiger partial charge is 0.478 e. The first kappa shape index (κ1) is 18.2. The highest BCUT2D eigenvalue weighted by Gasteiger charge is 2.11. The number of para-hydroxylation sites is 1. The lowest BCUT2D eigenvalue weighted by molar-refractivity contribution is -0.112. The second-order valence-corrected chi connectivity index (χ2v) is 5.16. The van der Waals surface area contributed by atoms with Gasteiger partial charge in [-0.3, -0.25) is 4.79 Å². The molecule has 1 amide bonds. The van der Waals surface area contributed by atoms with Crippen LogP contribution in [0.15, 0.2) is 60.3 Å². The first-order valence-corrected chi connectivity index (χ1v) is 7.51. The number of amides is 1. The molecule has 0 aliphatic carbocycles. The van der Waals surface area contributed by atoms with E-state index in [4.69, 9.17) is 15.6 Å². The number of nitrogens with one attached hydrogen (secondary N) is 2. The molecule has 0 radical (unpaired) electrons. The Morgan fingerprint density at radius 1 is 1.08 bits per heavy atom. The van der Waals surface area contributed by atoms with Crippen LogP contribution in [0.3, 0.4) is 0 Å². The van der Waals surface area contributed by atoms with Gasteiger partial charge in [0.05, 0.1) is 16.8 Å². The molecule has 0 heterocycles. The minimum atomic E-state index is -1.01. The molecule has 0 saturated carbocycles. The molecule has 0 aromatic heterocycles. The van der Waals surface area contributed by atoms with Crippen LogP contribution in [0.2, 0.25) is 0 Å². The first-order chi connectivity index (χ1) is 12.5. The summed E-state index contributed by atoms with van der Waals surface area (Å²) in [7, 11) is 0. The van der Waals surface area contributed by atoms with Gasteiger partial charge in [-0.05, 0) is 29.8 Å². The third-order valence-electron chi connectivity index (χ3n) is 3.41. The van der Waals surface area contributed by atoms with E-state index in [1.54, 1.807) is 42.5 Å². The molecule has 0 atom stereocenters. The normalized spacial score (nSPS) is 10.3. The summed E-state index contributed by atoms with van der Waals surface area (Å²) in [6, 6.07) is 16.5. The van der Waals surface area contributed by atoms with E-state index in [0.717, 1.165) is 5.56 Å². The van der Waals surface area contributed by atoms with Gasteiger partial charge in [-0.1, -0.05) is 24.3 Å².